The number of hydrogen-bond acceptors (Lipinski definition) is 6. The van der Waals surface area contributed by atoms with Crippen molar-refractivity contribution in [2.45, 2.75) is 12.8 Å². The molecule has 7 nitrogen and oxygen atoms in total. The molecule has 1 amide bonds. The predicted octanol–water partition coefficient (Wildman–Crippen LogP) is 3.15. The Bertz CT molecular complexity index is 837. The standard InChI is InChI=1S/C23H29N3O4/c1-28-20-13-18(14-21(29-2)23(20)30-3)6-7-22(27)25-15-17-8-11-26(12-9-17)19-5-4-10-24-16-19/h4-7,10,13-14,16-17H,8-9,11-12,15H2,1-3H3,(H,25,27)/b7-6+. The van der Waals surface area contributed by atoms with Gasteiger partial charge in [-0.2, -0.15) is 0 Å². The number of nitrogens with zero attached hydrogens (tertiary/aromatic N) is 2. The molecular formula is C23H29N3O4. The van der Waals surface area contributed by atoms with E-state index in [-0.39, 0.29) is 5.91 Å². The van der Waals surface area contributed by atoms with Crippen LogP contribution in [0.15, 0.2) is 42.7 Å². The van der Waals surface area contributed by atoms with E-state index in [0.717, 1.165) is 37.2 Å². The normalized spacial score (nSPS) is 14.6. The Morgan fingerprint density at radius 3 is 2.43 bits per heavy atom. The maximum absolute atomic E-state index is 12.3. The largest absolute Gasteiger partial charge is 0.493 e. The molecule has 1 aromatic heterocycles. The number of pyridine rings is 1. The molecule has 0 spiro atoms. The fourth-order valence-electron chi connectivity index (χ4n) is 3.61. The van der Waals surface area contributed by atoms with Crippen LogP contribution in [0.1, 0.15) is 18.4 Å². The Hall–Kier alpha value is -3.22. The Kier molecular flexibility index (Phi) is 7.54. The maximum atomic E-state index is 12.3. The van der Waals surface area contributed by atoms with Gasteiger partial charge in [-0.05, 0) is 54.7 Å². The van der Waals surface area contributed by atoms with Gasteiger partial charge in [0.2, 0.25) is 11.7 Å². The Morgan fingerprint density at radius 2 is 1.87 bits per heavy atom. The number of aromatic nitrogens is 1. The van der Waals surface area contributed by atoms with Crippen molar-refractivity contribution in [3.05, 3.63) is 48.3 Å². The van der Waals surface area contributed by atoms with E-state index >= 15 is 0 Å². The fraction of sp³-hybridized carbons (Fsp3) is 0.391. The molecule has 1 saturated heterocycles. The average molecular weight is 412 g/mol. The van der Waals surface area contributed by atoms with E-state index in [4.69, 9.17) is 14.2 Å². The SMILES string of the molecule is COc1cc(/C=C/C(=O)NCC2CCN(c3cccnc3)CC2)cc(OC)c1OC. The highest BCUT2D eigenvalue weighted by Crippen LogP contribution is 2.38. The van der Waals surface area contributed by atoms with Gasteiger partial charge >= 0.3 is 0 Å². The molecule has 0 unspecified atom stereocenters. The molecular weight excluding hydrogens is 382 g/mol. The van der Waals surface area contributed by atoms with Crippen LogP contribution < -0.4 is 24.4 Å². The van der Waals surface area contributed by atoms with Crippen LogP contribution in [0.2, 0.25) is 0 Å². The molecule has 2 aromatic rings. The molecule has 7 heteroatoms. The zero-order valence-corrected chi connectivity index (χ0v) is 17.8. The van der Waals surface area contributed by atoms with Gasteiger partial charge in [-0.3, -0.25) is 9.78 Å². The molecule has 160 valence electrons. The van der Waals surface area contributed by atoms with Gasteiger partial charge in [0, 0.05) is 31.9 Å². The van der Waals surface area contributed by atoms with Crippen molar-refractivity contribution in [3.63, 3.8) is 0 Å². The van der Waals surface area contributed by atoms with Gasteiger partial charge in [0.25, 0.3) is 0 Å². The summed E-state index contributed by atoms with van der Waals surface area (Å²) in [6.07, 6.45) is 9.06. The van der Waals surface area contributed by atoms with Crippen LogP contribution >= 0.6 is 0 Å². The summed E-state index contributed by atoms with van der Waals surface area (Å²) in [5, 5.41) is 3.01. The average Bonchev–Trinajstić information content (AvgIpc) is 2.81. The van der Waals surface area contributed by atoms with Crippen molar-refractivity contribution in [3.8, 4) is 17.2 Å². The van der Waals surface area contributed by atoms with Gasteiger partial charge in [-0.15, -0.1) is 0 Å². The van der Waals surface area contributed by atoms with Gasteiger partial charge in [-0.25, -0.2) is 0 Å². The Labute approximate surface area is 177 Å². The molecule has 0 aliphatic carbocycles. The van der Waals surface area contributed by atoms with Crippen LogP contribution in [-0.2, 0) is 4.79 Å². The van der Waals surface area contributed by atoms with Crippen molar-refractivity contribution < 1.29 is 19.0 Å². The molecule has 1 aromatic carbocycles. The lowest BCUT2D eigenvalue weighted by atomic mass is 9.96. The highest BCUT2D eigenvalue weighted by Gasteiger charge is 2.19. The number of hydrogen-bond donors (Lipinski definition) is 1. The van der Waals surface area contributed by atoms with E-state index in [2.05, 4.69) is 21.3 Å². The van der Waals surface area contributed by atoms with Crippen LogP contribution in [0.4, 0.5) is 5.69 Å². The number of ether oxygens (including phenoxy) is 3. The number of carbonyl (C=O) groups is 1. The Morgan fingerprint density at radius 1 is 1.17 bits per heavy atom. The number of amides is 1. The number of carbonyl (C=O) groups excluding carboxylic acids is 1. The third kappa shape index (κ3) is 5.43. The van der Waals surface area contributed by atoms with E-state index in [1.807, 2.05) is 12.3 Å². The van der Waals surface area contributed by atoms with Crippen LogP contribution in [0, 0.1) is 5.92 Å². The summed E-state index contributed by atoms with van der Waals surface area (Å²) in [5.74, 6) is 2.00. The summed E-state index contributed by atoms with van der Waals surface area (Å²) in [6, 6.07) is 7.66. The first kappa shape index (κ1) is 21.5. The smallest absolute Gasteiger partial charge is 0.244 e. The zero-order chi connectivity index (χ0) is 21.3. The molecule has 0 atom stereocenters. The molecule has 0 saturated carbocycles. The lowest BCUT2D eigenvalue weighted by molar-refractivity contribution is -0.116. The molecule has 1 fully saturated rings. The van der Waals surface area contributed by atoms with E-state index in [1.165, 1.54) is 6.08 Å². The van der Waals surface area contributed by atoms with E-state index in [1.54, 1.807) is 45.7 Å². The summed E-state index contributed by atoms with van der Waals surface area (Å²) >= 11 is 0. The van der Waals surface area contributed by atoms with Crippen LogP contribution in [-0.4, -0.2) is 51.9 Å². The fourth-order valence-corrected chi connectivity index (χ4v) is 3.61. The monoisotopic (exact) mass is 411 g/mol. The second-order valence-electron chi connectivity index (χ2n) is 7.18. The van der Waals surface area contributed by atoms with Crippen molar-refractivity contribution in [2.75, 3.05) is 45.9 Å². The summed E-state index contributed by atoms with van der Waals surface area (Å²) in [7, 11) is 4.69. The van der Waals surface area contributed by atoms with Gasteiger partial charge < -0.3 is 24.4 Å². The number of methoxy groups -OCH3 is 3. The van der Waals surface area contributed by atoms with E-state index in [9.17, 15) is 4.79 Å². The van der Waals surface area contributed by atoms with Crippen molar-refractivity contribution >= 4 is 17.7 Å². The van der Waals surface area contributed by atoms with Crippen LogP contribution in [0.5, 0.6) is 17.2 Å². The quantitative estimate of drug-likeness (QED) is 0.673. The second kappa shape index (κ2) is 10.5. The van der Waals surface area contributed by atoms with E-state index in [0.29, 0.717) is 29.7 Å². The first-order chi connectivity index (χ1) is 14.6. The first-order valence-corrected chi connectivity index (χ1v) is 10.1. The highest BCUT2D eigenvalue weighted by molar-refractivity contribution is 5.91. The molecule has 1 aliphatic heterocycles. The maximum Gasteiger partial charge on any atom is 0.244 e. The molecule has 1 N–H and O–H groups in total. The summed E-state index contributed by atoms with van der Waals surface area (Å²) in [4.78, 5) is 18.8. The molecule has 3 rings (SSSR count). The number of nitrogens with one attached hydrogen (secondary N) is 1. The number of anilines is 1. The van der Waals surface area contributed by atoms with Crippen LogP contribution in [0.25, 0.3) is 6.08 Å². The topological polar surface area (TPSA) is 72.9 Å². The molecule has 30 heavy (non-hydrogen) atoms. The molecule has 2 heterocycles. The third-order valence-corrected chi connectivity index (χ3v) is 5.30. The minimum absolute atomic E-state index is 0.113. The number of piperidine rings is 1. The third-order valence-electron chi connectivity index (χ3n) is 5.30. The summed E-state index contributed by atoms with van der Waals surface area (Å²) in [6.45, 7) is 2.64. The summed E-state index contributed by atoms with van der Waals surface area (Å²) in [5.41, 5.74) is 1.96. The molecule has 0 radical (unpaired) electrons. The Balaban J connectivity index is 1.50. The minimum atomic E-state index is -0.113. The zero-order valence-electron chi connectivity index (χ0n) is 17.8. The van der Waals surface area contributed by atoms with Gasteiger partial charge in [0.1, 0.15) is 0 Å². The predicted molar refractivity (Wildman–Crippen MR) is 117 cm³/mol. The molecule has 1 aliphatic rings. The van der Waals surface area contributed by atoms with Crippen molar-refractivity contribution in [1.29, 1.82) is 0 Å². The van der Waals surface area contributed by atoms with Crippen molar-refractivity contribution in [2.24, 2.45) is 5.92 Å². The highest BCUT2D eigenvalue weighted by atomic mass is 16.5. The van der Waals surface area contributed by atoms with E-state index < -0.39 is 0 Å². The lowest BCUT2D eigenvalue weighted by Gasteiger charge is -2.33. The van der Waals surface area contributed by atoms with Gasteiger partial charge in [0.15, 0.2) is 11.5 Å². The van der Waals surface area contributed by atoms with Crippen molar-refractivity contribution in [1.82, 2.24) is 10.3 Å². The first-order valence-electron chi connectivity index (χ1n) is 10.1. The summed E-state index contributed by atoms with van der Waals surface area (Å²) < 4.78 is 16.0. The number of rotatable bonds is 8. The molecule has 0 bridgehead atoms. The van der Waals surface area contributed by atoms with Gasteiger partial charge in [0.05, 0.1) is 33.2 Å². The minimum Gasteiger partial charge on any atom is -0.493 e. The number of benzene rings is 1. The lowest BCUT2D eigenvalue weighted by Crippen LogP contribution is -2.38. The van der Waals surface area contributed by atoms with Gasteiger partial charge in [-0.1, -0.05) is 0 Å². The van der Waals surface area contributed by atoms with Crippen LogP contribution in [0.3, 0.4) is 0 Å². The second-order valence-corrected chi connectivity index (χ2v) is 7.18.